The molecule has 0 aliphatic carbocycles. The summed E-state index contributed by atoms with van der Waals surface area (Å²) in [5.74, 6) is 1.04. The van der Waals surface area contributed by atoms with Crippen LogP contribution in [0.2, 0.25) is 0 Å². The molecule has 4 aromatic rings. The highest BCUT2D eigenvalue weighted by atomic mass is 19.1. The third kappa shape index (κ3) is 3.93. The number of amides is 1. The van der Waals surface area contributed by atoms with Crippen molar-refractivity contribution in [2.75, 3.05) is 11.9 Å². The molecule has 0 unspecified atom stereocenters. The maximum atomic E-state index is 14.2. The van der Waals surface area contributed by atoms with Gasteiger partial charge in [-0.1, -0.05) is 6.07 Å². The predicted molar refractivity (Wildman–Crippen MR) is 129 cm³/mol. The van der Waals surface area contributed by atoms with Crippen molar-refractivity contribution in [1.29, 1.82) is 0 Å². The minimum Gasteiger partial charge on any atom is -0.357 e. The lowest BCUT2D eigenvalue weighted by Gasteiger charge is -2.26. The van der Waals surface area contributed by atoms with Crippen molar-refractivity contribution in [3.8, 4) is 22.6 Å². The molecule has 1 atom stereocenters. The number of ether oxygens (including phenoxy) is 1. The number of nitrogens with zero attached hydrogens (tertiary/aromatic N) is 6. The summed E-state index contributed by atoms with van der Waals surface area (Å²) in [4.78, 5) is 35.3. The van der Waals surface area contributed by atoms with Gasteiger partial charge in [0.1, 0.15) is 34.9 Å². The van der Waals surface area contributed by atoms with Crippen LogP contribution in [0.15, 0.2) is 36.9 Å². The summed E-state index contributed by atoms with van der Waals surface area (Å²) in [6.07, 6.45) is 4.98. The van der Waals surface area contributed by atoms with Gasteiger partial charge in [0.2, 0.25) is 0 Å². The van der Waals surface area contributed by atoms with E-state index in [1.165, 1.54) is 20.2 Å². The molecule has 1 amide bonds. The number of hydrogen-bond donors (Lipinski definition) is 1. The normalized spacial score (nSPS) is 17.6. The number of carbonyl (C=O) groups is 1. The number of imidazole rings is 1. The molecule has 180 valence electrons. The molecule has 1 N–H and O–H groups in total. The molecule has 0 radical (unpaired) electrons. The molecule has 4 heterocycles. The van der Waals surface area contributed by atoms with E-state index < -0.39 is 11.3 Å². The van der Waals surface area contributed by atoms with Gasteiger partial charge in [0.05, 0.1) is 12.2 Å². The monoisotopic (exact) mass is 475 g/mol. The van der Waals surface area contributed by atoms with Crippen molar-refractivity contribution < 1.29 is 13.9 Å². The highest BCUT2D eigenvalue weighted by molar-refractivity contribution is 6.05. The smallest absolute Gasteiger partial charge is 0.261 e. The van der Waals surface area contributed by atoms with Crippen molar-refractivity contribution in [2.45, 2.75) is 52.4 Å². The minimum atomic E-state index is -1.58. The summed E-state index contributed by atoms with van der Waals surface area (Å²) in [5, 5.41) is 2.84. The topological polar surface area (TPSA) is 108 Å². The quantitative estimate of drug-likeness (QED) is 0.445. The zero-order valence-corrected chi connectivity index (χ0v) is 20.3. The zero-order valence-electron chi connectivity index (χ0n) is 20.3. The fraction of sp³-hybridized carbons (Fsp3) is 0.360. The Kier molecular flexibility index (Phi) is 5.36. The number of rotatable bonds is 6. The van der Waals surface area contributed by atoms with E-state index in [9.17, 15) is 9.18 Å². The van der Waals surface area contributed by atoms with Crippen LogP contribution in [-0.2, 0) is 21.7 Å². The number of aromatic nitrogens is 6. The van der Waals surface area contributed by atoms with Crippen LogP contribution in [0.1, 0.15) is 39.1 Å². The van der Waals surface area contributed by atoms with E-state index in [4.69, 9.17) is 9.72 Å². The maximum Gasteiger partial charge on any atom is 0.261 e. The summed E-state index contributed by atoms with van der Waals surface area (Å²) in [6.45, 7) is 8.75. The van der Waals surface area contributed by atoms with Crippen molar-refractivity contribution in [3.05, 3.63) is 48.3 Å². The highest BCUT2D eigenvalue weighted by Crippen LogP contribution is 2.42. The Morgan fingerprint density at radius 3 is 2.57 bits per heavy atom. The Hall–Kier alpha value is -3.79. The Morgan fingerprint density at radius 1 is 1.14 bits per heavy atom. The molecule has 10 heteroatoms. The molecule has 1 aromatic carbocycles. The molecule has 1 aliphatic rings. The van der Waals surface area contributed by atoms with E-state index >= 15 is 0 Å². The number of nitrogens with one attached hydrogen (secondary N) is 1. The first-order valence-corrected chi connectivity index (χ1v) is 11.4. The van der Waals surface area contributed by atoms with Gasteiger partial charge in [-0.05, 0) is 46.8 Å². The van der Waals surface area contributed by atoms with Crippen LogP contribution in [0.4, 0.5) is 10.1 Å². The Balaban J connectivity index is 1.63. The summed E-state index contributed by atoms with van der Waals surface area (Å²) in [5.41, 5.74) is 1.79. The fourth-order valence-corrected chi connectivity index (χ4v) is 4.19. The lowest BCUT2D eigenvalue weighted by molar-refractivity contribution is -0.143. The number of hydrogen-bond acceptors (Lipinski definition) is 7. The zero-order chi connectivity index (χ0) is 25.0. The first-order chi connectivity index (χ1) is 16.6. The van der Waals surface area contributed by atoms with Crippen molar-refractivity contribution >= 4 is 22.8 Å². The maximum absolute atomic E-state index is 14.2. The van der Waals surface area contributed by atoms with E-state index in [0.29, 0.717) is 46.3 Å². The van der Waals surface area contributed by atoms with E-state index in [0.717, 1.165) is 11.1 Å². The summed E-state index contributed by atoms with van der Waals surface area (Å²) in [6, 6.07) is 5.52. The molecule has 0 saturated heterocycles. The van der Waals surface area contributed by atoms with Crippen molar-refractivity contribution in [3.63, 3.8) is 0 Å². The summed E-state index contributed by atoms with van der Waals surface area (Å²) < 4.78 is 22.0. The van der Waals surface area contributed by atoms with Crippen LogP contribution >= 0.6 is 0 Å². The first-order valence-electron chi connectivity index (χ1n) is 11.4. The second-order valence-electron chi connectivity index (χ2n) is 9.35. The van der Waals surface area contributed by atoms with Crippen molar-refractivity contribution in [2.24, 2.45) is 0 Å². The van der Waals surface area contributed by atoms with Gasteiger partial charge in [0.25, 0.3) is 5.91 Å². The average molecular weight is 476 g/mol. The van der Waals surface area contributed by atoms with Crippen LogP contribution < -0.4 is 5.32 Å². The minimum absolute atomic E-state index is 0.221. The van der Waals surface area contributed by atoms with Crippen LogP contribution in [0.25, 0.3) is 33.8 Å². The third-order valence-electron chi connectivity index (χ3n) is 6.08. The van der Waals surface area contributed by atoms with Crippen LogP contribution in [0.3, 0.4) is 0 Å². The molecule has 3 aromatic heterocycles. The van der Waals surface area contributed by atoms with Gasteiger partial charge in [-0.15, -0.1) is 0 Å². The third-order valence-corrected chi connectivity index (χ3v) is 6.08. The second-order valence-corrected chi connectivity index (χ2v) is 9.35. The Labute approximate surface area is 201 Å². The van der Waals surface area contributed by atoms with Gasteiger partial charge in [0, 0.05) is 35.8 Å². The largest absolute Gasteiger partial charge is 0.357 e. The average Bonchev–Trinajstić information content (AvgIpc) is 3.32. The van der Waals surface area contributed by atoms with Gasteiger partial charge in [-0.2, -0.15) is 0 Å². The Morgan fingerprint density at radius 2 is 1.89 bits per heavy atom. The van der Waals surface area contributed by atoms with Crippen LogP contribution in [-0.4, -0.2) is 47.7 Å². The first kappa shape index (κ1) is 23.0. The molecule has 5 rings (SSSR count). The number of carbonyl (C=O) groups excluding carboxylic acids is 1. The number of halogens is 1. The molecule has 0 saturated carbocycles. The number of aryl methyl sites for hydroxylation is 2. The van der Waals surface area contributed by atoms with Crippen LogP contribution in [0.5, 0.6) is 0 Å². The van der Waals surface area contributed by atoms with Gasteiger partial charge in [-0.25, -0.2) is 29.3 Å². The lowest BCUT2D eigenvalue weighted by atomic mass is 9.94. The fourth-order valence-electron chi connectivity index (χ4n) is 4.19. The standard InChI is InChI=1S/C25H26FN7O2/c1-6-33-21(16-10-27-14(2)28-11-16)32-20-19(29-13-30-22(20)33)15-7-8-18-17(9-15)25(5,23(34)31-18)35-12-24(3,4)26/h7-11,13H,6,12H2,1-5H3,(H,31,34)/t25-/m1/s1. The number of anilines is 1. The Bertz CT molecular complexity index is 1440. The molecular weight excluding hydrogens is 449 g/mol. The van der Waals surface area contributed by atoms with E-state index in [-0.39, 0.29) is 12.5 Å². The summed E-state index contributed by atoms with van der Waals surface area (Å²) >= 11 is 0. The van der Waals surface area contributed by atoms with Gasteiger partial charge in [-0.3, -0.25) is 4.79 Å². The number of benzene rings is 1. The number of fused-ring (bicyclic) bond motifs is 2. The number of alkyl halides is 1. The molecule has 0 fully saturated rings. The van der Waals surface area contributed by atoms with Gasteiger partial charge in [0.15, 0.2) is 11.2 Å². The van der Waals surface area contributed by atoms with Gasteiger partial charge >= 0.3 is 0 Å². The molecule has 0 spiro atoms. The molecular formula is C25H26FN7O2. The molecule has 35 heavy (non-hydrogen) atoms. The summed E-state index contributed by atoms with van der Waals surface area (Å²) in [7, 11) is 0. The molecule has 9 nitrogen and oxygen atoms in total. The molecule has 0 bridgehead atoms. The SMILES string of the molecule is CCn1c(-c2cnc(C)nc2)nc2c(-c3ccc4c(c3)[C@@](C)(OCC(C)(C)F)C(=O)N4)ncnc21. The lowest BCUT2D eigenvalue weighted by Crippen LogP contribution is -2.38. The van der Waals surface area contributed by atoms with Crippen molar-refractivity contribution in [1.82, 2.24) is 29.5 Å². The highest BCUT2D eigenvalue weighted by Gasteiger charge is 2.45. The second kappa shape index (κ2) is 8.16. The van der Waals surface area contributed by atoms with E-state index in [2.05, 4.69) is 25.3 Å². The van der Waals surface area contributed by atoms with E-state index in [1.807, 2.05) is 30.5 Å². The molecule has 1 aliphatic heterocycles. The van der Waals surface area contributed by atoms with Crippen LogP contribution in [0, 0.1) is 6.92 Å². The predicted octanol–water partition coefficient (Wildman–Crippen LogP) is 4.21. The van der Waals surface area contributed by atoms with E-state index in [1.54, 1.807) is 25.4 Å². The van der Waals surface area contributed by atoms with Gasteiger partial charge < -0.3 is 14.6 Å².